The Kier molecular flexibility index (Phi) is 6.13. The zero-order valence-corrected chi connectivity index (χ0v) is 17.9. The number of aromatic nitrogens is 1. The van der Waals surface area contributed by atoms with Crippen molar-refractivity contribution >= 4 is 17.7 Å². The van der Waals surface area contributed by atoms with Crippen LogP contribution in [0.5, 0.6) is 5.75 Å². The number of nitrogens with zero attached hydrogens (tertiary/aromatic N) is 2. The molecule has 0 spiro atoms. The first-order valence-electron chi connectivity index (χ1n) is 9.90. The summed E-state index contributed by atoms with van der Waals surface area (Å²) >= 11 is 1.28. The van der Waals surface area contributed by atoms with Gasteiger partial charge in [0.05, 0.1) is 4.91 Å². The van der Waals surface area contributed by atoms with Crippen LogP contribution in [-0.2, 0) is 17.9 Å². The van der Waals surface area contributed by atoms with Gasteiger partial charge in [0, 0.05) is 18.4 Å². The average molecular weight is 434 g/mol. The second kappa shape index (κ2) is 9.14. The Morgan fingerprint density at radius 3 is 2.29 bits per heavy atom. The fraction of sp³-hybridized carbons (Fsp3) is 0.167. The Labute approximate surface area is 184 Å². The molecule has 0 bridgehead atoms. The van der Waals surface area contributed by atoms with E-state index in [1.54, 1.807) is 22.9 Å². The molecule has 31 heavy (non-hydrogen) atoms. The van der Waals surface area contributed by atoms with E-state index in [0.717, 1.165) is 16.8 Å². The number of hydrogen-bond donors (Lipinski definition) is 1. The van der Waals surface area contributed by atoms with Crippen LogP contribution in [0.4, 0.5) is 0 Å². The fourth-order valence-corrected chi connectivity index (χ4v) is 4.73. The molecule has 4 rings (SSSR count). The number of carbonyl (C=O) groups is 1. The van der Waals surface area contributed by atoms with Crippen molar-refractivity contribution in [1.82, 2.24) is 9.47 Å². The maximum Gasteiger partial charge on any atom is 0.295 e. The highest BCUT2D eigenvalue weighted by atomic mass is 32.2. The highest BCUT2D eigenvalue weighted by Gasteiger charge is 2.34. The minimum absolute atomic E-state index is 0.257. The third kappa shape index (κ3) is 4.51. The van der Waals surface area contributed by atoms with Gasteiger partial charge in [-0.2, -0.15) is 0 Å². The summed E-state index contributed by atoms with van der Waals surface area (Å²) in [6.45, 7) is 2.70. The first kappa shape index (κ1) is 20.8. The van der Waals surface area contributed by atoms with E-state index in [0.29, 0.717) is 18.1 Å². The summed E-state index contributed by atoms with van der Waals surface area (Å²) in [5.41, 5.74) is 7.72. The monoisotopic (exact) mass is 433 g/mol. The second-order valence-corrected chi connectivity index (χ2v) is 8.26. The van der Waals surface area contributed by atoms with Crippen molar-refractivity contribution < 1.29 is 9.53 Å². The Hall–Kier alpha value is -3.45. The van der Waals surface area contributed by atoms with Crippen LogP contribution in [0, 0.1) is 0 Å². The average Bonchev–Trinajstić information content (AvgIpc) is 3.11. The van der Waals surface area contributed by atoms with Crippen LogP contribution in [-0.4, -0.2) is 15.4 Å². The number of benzene rings is 2. The van der Waals surface area contributed by atoms with Gasteiger partial charge in [0.1, 0.15) is 6.61 Å². The zero-order valence-electron chi connectivity index (χ0n) is 17.1. The minimum atomic E-state index is -0.493. The molecule has 7 heteroatoms. The lowest BCUT2D eigenvalue weighted by atomic mass is 10.2. The SMILES string of the molecule is CC1=C(C(N)=O)SC(n2cccc(OCc3ccccc3)c2=O)N1Cc1ccccc1. The van der Waals surface area contributed by atoms with E-state index in [9.17, 15) is 9.59 Å². The summed E-state index contributed by atoms with van der Waals surface area (Å²) in [5, 5.41) is 0. The van der Waals surface area contributed by atoms with Gasteiger partial charge in [0.2, 0.25) is 0 Å². The largest absolute Gasteiger partial charge is 0.483 e. The Morgan fingerprint density at radius 1 is 1.00 bits per heavy atom. The quantitative estimate of drug-likeness (QED) is 0.612. The summed E-state index contributed by atoms with van der Waals surface area (Å²) in [6, 6.07) is 23.0. The first-order valence-corrected chi connectivity index (χ1v) is 10.8. The number of nitrogens with two attached hydrogens (primary N) is 1. The van der Waals surface area contributed by atoms with Crippen LogP contribution in [0.15, 0.2) is 94.4 Å². The number of hydrogen-bond acceptors (Lipinski definition) is 5. The van der Waals surface area contributed by atoms with Gasteiger partial charge in [-0.3, -0.25) is 14.2 Å². The van der Waals surface area contributed by atoms with E-state index in [2.05, 4.69) is 0 Å². The highest BCUT2D eigenvalue weighted by Crippen LogP contribution is 2.44. The maximum atomic E-state index is 13.2. The van der Waals surface area contributed by atoms with E-state index in [-0.39, 0.29) is 11.3 Å². The number of pyridine rings is 1. The molecule has 0 fully saturated rings. The molecule has 1 aromatic heterocycles. The Morgan fingerprint density at radius 2 is 1.65 bits per heavy atom. The highest BCUT2D eigenvalue weighted by molar-refractivity contribution is 8.04. The van der Waals surface area contributed by atoms with Crippen LogP contribution in [0.1, 0.15) is 23.5 Å². The predicted octanol–water partition coefficient (Wildman–Crippen LogP) is 3.85. The summed E-state index contributed by atoms with van der Waals surface area (Å²) in [7, 11) is 0. The minimum Gasteiger partial charge on any atom is -0.483 e. The molecule has 2 aromatic carbocycles. The maximum absolute atomic E-state index is 13.2. The van der Waals surface area contributed by atoms with Crippen LogP contribution < -0.4 is 16.0 Å². The predicted molar refractivity (Wildman–Crippen MR) is 122 cm³/mol. The third-order valence-electron chi connectivity index (χ3n) is 5.08. The molecule has 1 aliphatic heterocycles. The van der Waals surface area contributed by atoms with Gasteiger partial charge in [-0.05, 0) is 30.2 Å². The van der Waals surface area contributed by atoms with Crippen molar-refractivity contribution in [2.45, 2.75) is 25.6 Å². The van der Waals surface area contributed by atoms with E-state index < -0.39 is 11.4 Å². The molecule has 2 heterocycles. The molecule has 0 aliphatic carbocycles. The van der Waals surface area contributed by atoms with Crippen LogP contribution >= 0.6 is 11.8 Å². The van der Waals surface area contributed by atoms with Crippen molar-refractivity contribution in [2.24, 2.45) is 5.73 Å². The van der Waals surface area contributed by atoms with Crippen molar-refractivity contribution in [3.05, 3.63) is 111 Å². The summed E-state index contributed by atoms with van der Waals surface area (Å²) in [6.07, 6.45) is 1.71. The van der Waals surface area contributed by atoms with E-state index in [1.165, 1.54) is 11.8 Å². The van der Waals surface area contributed by atoms with E-state index in [4.69, 9.17) is 10.5 Å². The van der Waals surface area contributed by atoms with Gasteiger partial charge < -0.3 is 15.4 Å². The molecule has 6 nitrogen and oxygen atoms in total. The number of carbonyl (C=O) groups excluding carboxylic acids is 1. The van der Waals surface area contributed by atoms with Crippen LogP contribution in [0.3, 0.4) is 0 Å². The molecule has 3 aromatic rings. The molecule has 1 atom stereocenters. The number of primary amides is 1. The lowest BCUT2D eigenvalue weighted by Gasteiger charge is -2.29. The van der Waals surface area contributed by atoms with Gasteiger partial charge in [0.25, 0.3) is 11.5 Å². The normalized spacial score (nSPS) is 15.9. The molecule has 0 saturated heterocycles. The molecule has 158 valence electrons. The van der Waals surface area contributed by atoms with Gasteiger partial charge in [-0.25, -0.2) is 0 Å². The molecule has 0 radical (unpaired) electrons. The van der Waals surface area contributed by atoms with E-state index in [1.807, 2.05) is 72.5 Å². The summed E-state index contributed by atoms with van der Waals surface area (Å²) < 4.78 is 7.40. The van der Waals surface area contributed by atoms with Crippen molar-refractivity contribution in [3.63, 3.8) is 0 Å². The van der Waals surface area contributed by atoms with Gasteiger partial charge in [-0.15, -0.1) is 0 Å². The van der Waals surface area contributed by atoms with Crippen molar-refractivity contribution in [3.8, 4) is 5.75 Å². The number of thioether (sulfide) groups is 1. The van der Waals surface area contributed by atoms with Crippen molar-refractivity contribution in [2.75, 3.05) is 0 Å². The molecule has 0 saturated carbocycles. The molecule has 1 unspecified atom stereocenters. The number of ether oxygens (including phenoxy) is 1. The van der Waals surface area contributed by atoms with Gasteiger partial charge >= 0.3 is 0 Å². The molecule has 1 aliphatic rings. The third-order valence-corrected chi connectivity index (χ3v) is 6.51. The summed E-state index contributed by atoms with van der Waals surface area (Å²) in [5.74, 6) is -0.232. The summed E-state index contributed by atoms with van der Waals surface area (Å²) in [4.78, 5) is 27.7. The Balaban J connectivity index is 1.63. The topological polar surface area (TPSA) is 77.6 Å². The lowest BCUT2D eigenvalue weighted by Crippen LogP contribution is -2.32. The van der Waals surface area contributed by atoms with Crippen LogP contribution in [0.2, 0.25) is 0 Å². The number of rotatable bonds is 7. The molecular formula is C24H23N3O3S. The number of amides is 1. The molecule has 1 amide bonds. The Bertz CT molecular complexity index is 1160. The smallest absolute Gasteiger partial charge is 0.295 e. The number of allylic oxidation sites excluding steroid dienone is 1. The molecule has 2 N–H and O–H groups in total. The standard InChI is InChI=1S/C24H23N3O3S/c1-17-21(22(25)28)31-24(27(17)15-18-9-4-2-5-10-18)26-14-8-13-20(23(26)29)30-16-19-11-6-3-7-12-19/h2-14,24H,15-16H2,1H3,(H2,25,28). The first-order chi connectivity index (χ1) is 15.0. The van der Waals surface area contributed by atoms with Gasteiger partial charge in [0.15, 0.2) is 11.2 Å². The van der Waals surface area contributed by atoms with Gasteiger partial charge in [-0.1, -0.05) is 72.4 Å². The fourth-order valence-electron chi connectivity index (χ4n) is 3.48. The zero-order chi connectivity index (χ0) is 21.8. The van der Waals surface area contributed by atoms with Crippen molar-refractivity contribution in [1.29, 1.82) is 0 Å². The second-order valence-electron chi connectivity index (χ2n) is 7.20. The van der Waals surface area contributed by atoms with Crippen LogP contribution in [0.25, 0.3) is 0 Å². The lowest BCUT2D eigenvalue weighted by molar-refractivity contribution is -0.114. The van der Waals surface area contributed by atoms with E-state index >= 15 is 0 Å². The molecular weight excluding hydrogens is 410 g/mol.